The quantitative estimate of drug-likeness (QED) is 0.724. The van der Waals surface area contributed by atoms with Crippen LogP contribution in [0.25, 0.3) is 0 Å². The molecule has 4 nitrogen and oxygen atoms in total. The first-order valence-electron chi connectivity index (χ1n) is 4.52. The van der Waals surface area contributed by atoms with Crippen molar-refractivity contribution in [2.75, 3.05) is 6.54 Å². The number of nitrogens with one attached hydrogen (secondary N) is 1. The van der Waals surface area contributed by atoms with Crippen LogP contribution in [-0.4, -0.2) is 24.7 Å². The smallest absolute Gasteiger partial charge is 0.416 e. The zero-order valence-electron chi connectivity index (χ0n) is 7.87. The van der Waals surface area contributed by atoms with Gasteiger partial charge in [0.05, 0.1) is 13.2 Å². The normalized spacial score (nSPS) is 14.1. The van der Waals surface area contributed by atoms with Crippen LogP contribution in [0.5, 0.6) is 0 Å². The highest BCUT2D eigenvalue weighted by molar-refractivity contribution is 6.66. The SMILES string of the molecule is O=C(O)CNB1OCc2cc(Cl)ccc21. The molecule has 2 rings (SSSR count). The summed E-state index contributed by atoms with van der Waals surface area (Å²) < 4.78 is 5.40. The predicted octanol–water partition coefficient (Wildman–Crippen LogP) is 0.240. The van der Waals surface area contributed by atoms with Gasteiger partial charge >= 0.3 is 13.0 Å². The molecule has 0 aromatic heterocycles. The second-order valence-corrected chi connectivity index (χ2v) is 3.75. The third-order valence-corrected chi connectivity index (χ3v) is 2.47. The summed E-state index contributed by atoms with van der Waals surface area (Å²) in [6.45, 7) is 0.347. The van der Waals surface area contributed by atoms with Crippen LogP contribution < -0.4 is 10.7 Å². The van der Waals surface area contributed by atoms with Crippen molar-refractivity contribution < 1.29 is 14.6 Å². The van der Waals surface area contributed by atoms with Crippen LogP contribution in [0.3, 0.4) is 0 Å². The summed E-state index contributed by atoms with van der Waals surface area (Å²) in [7, 11) is -0.339. The van der Waals surface area contributed by atoms with Crippen molar-refractivity contribution in [1.82, 2.24) is 5.23 Å². The van der Waals surface area contributed by atoms with Crippen LogP contribution in [0.1, 0.15) is 5.56 Å². The van der Waals surface area contributed by atoms with E-state index in [2.05, 4.69) is 5.23 Å². The van der Waals surface area contributed by atoms with E-state index < -0.39 is 5.97 Å². The average molecular weight is 225 g/mol. The first-order valence-corrected chi connectivity index (χ1v) is 4.90. The molecular formula is C9H9BClNO3. The maximum absolute atomic E-state index is 10.4. The number of halogens is 1. The van der Waals surface area contributed by atoms with E-state index in [-0.39, 0.29) is 13.6 Å². The Bertz CT molecular complexity index is 399. The predicted molar refractivity (Wildman–Crippen MR) is 57.3 cm³/mol. The number of benzene rings is 1. The monoisotopic (exact) mass is 225 g/mol. The van der Waals surface area contributed by atoms with Crippen LogP contribution in [0.15, 0.2) is 18.2 Å². The molecule has 0 spiro atoms. The third kappa shape index (κ3) is 2.31. The fraction of sp³-hybridized carbons (Fsp3) is 0.222. The molecule has 1 aliphatic heterocycles. The molecule has 1 aliphatic rings. The van der Waals surface area contributed by atoms with Crippen molar-refractivity contribution in [2.45, 2.75) is 6.61 Å². The molecule has 0 aliphatic carbocycles. The fourth-order valence-corrected chi connectivity index (χ4v) is 1.76. The highest BCUT2D eigenvalue weighted by Crippen LogP contribution is 2.15. The van der Waals surface area contributed by atoms with Crippen molar-refractivity contribution in [3.8, 4) is 0 Å². The van der Waals surface area contributed by atoms with Gasteiger partial charge in [0.1, 0.15) is 0 Å². The first kappa shape index (κ1) is 10.5. The van der Waals surface area contributed by atoms with E-state index in [9.17, 15) is 4.79 Å². The van der Waals surface area contributed by atoms with E-state index in [1.54, 1.807) is 6.07 Å². The number of hydrogen-bond acceptors (Lipinski definition) is 3. The molecule has 0 radical (unpaired) electrons. The molecule has 0 unspecified atom stereocenters. The number of carboxylic acid groups (broad SMARTS) is 1. The molecule has 78 valence electrons. The summed E-state index contributed by atoms with van der Waals surface area (Å²) in [6.07, 6.45) is 0. The number of carboxylic acids is 1. The van der Waals surface area contributed by atoms with Gasteiger partial charge in [0.15, 0.2) is 0 Å². The standard InChI is InChI=1S/C9H9BClNO3/c11-7-1-2-8-6(3-7)5-15-10(8)12-4-9(13)14/h1-3,12H,4-5H2,(H,13,14). The lowest BCUT2D eigenvalue weighted by molar-refractivity contribution is -0.135. The van der Waals surface area contributed by atoms with E-state index in [4.69, 9.17) is 21.4 Å². The van der Waals surface area contributed by atoms with E-state index in [1.807, 2.05) is 12.1 Å². The number of aliphatic carboxylic acids is 1. The molecule has 2 N–H and O–H groups in total. The molecular weight excluding hydrogens is 216 g/mol. The van der Waals surface area contributed by atoms with Gasteiger partial charge in [0.2, 0.25) is 0 Å². The highest BCUT2D eigenvalue weighted by atomic mass is 35.5. The minimum Gasteiger partial charge on any atom is -0.480 e. The van der Waals surface area contributed by atoms with Gasteiger partial charge in [-0.1, -0.05) is 17.7 Å². The van der Waals surface area contributed by atoms with Crippen LogP contribution in [0.2, 0.25) is 5.02 Å². The molecule has 0 bridgehead atoms. The van der Waals surface area contributed by atoms with Crippen LogP contribution in [0, 0.1) is 0 Å². The van der Waals surface area contributed by atoms with Crippen molar-refractivity contribution >= 4 is 30.1 Å². The Morgan fingerprint density at radius 3 is 3.20 bits per heavy atom. The van der Waals surface area contributed by atoms with E-state index in [0.717, 1.165) is 11.0 Å². The number of hydrogen-bond donors (Lipinski definition) is 2. The van der Waals surface area contributed by atoms with Crippen LogP contribution >= 0.6 is 11.6 Å². The van der Waals surface area contributed by atoms with Gasteiger partial charge in [-0.05, 0) is 23.2 Å². The topological polar surface area (TPSA) is 58.6 Å². The third-order valence-electron chi connectivity index (χ3n) is 2.23. The second-order valence-electron chi connectivity index (χ2n) is 3.31. The molecule has 0 fully saturated rings. The number of rotatable bonds is 3. The molecule has 1 aromatic carbocycles. The summed E-state index contributed by atoms with van der Waals surface area (Å²) in [5.74, 6) is -0.902. The fourth-order valence-electron chi connectivity index (χ4n) is 1.57. The Balaban J connectivity index is 2.11. The van der Waals surface area contributed by atoms with Crippen molar-refractivity contribution in [2.24, 2.45) is 0 Å². The van der Waals surface area contributed by atoms with Crippen LogP contribution in [0.4, 0.5) is 0 Å². The van der Waals surface area contributed by atoms with Gasteiger partial charge in [-0.2, -0.15) is 0 Å². The summed E-state index contributed by atoms with van der Waals surface area (Å²) in [4.78, 5) is 10.4. The Morgan fingerprint density at radius 2 is 2.47 bits per heavy atom. The average Bonchev–Trinajstić information content (AvgIpc) is 2.57. The van der Waals surface area contributed by atoms with Gasteiger partial charge in [-0.15, -0.1) is 0 Å². The van der Waals surface area contributed by atoms with Crippen molar-refractivity contribution in [3.05, 3.63) is 28.8 Å². The lowest BCUT2D eigenvalue weighted by Gasteiger charge is -2.06. The largest absolute Gasteiger partial charge is 0.480 e. The first-order chi connectivity index (χ1) is 7.16. The Kier molecular flexibility index (Phi) is 2.95. The lowest BCUT2D eigenvalue weighted by atomic mass is 9.74. The maximum atomic E-state index is 10.4. The molecule has 0 atom stereocenters. The zero-order valence-corrected chi connectivity index (χ0v) is 8.62. The molecule has 6 heteroatoms. The summed E-state index contributed by atoms with van der Waals surface area (Å²) in [5.41, 5.74) is 1.96. The summed E-state index contributed by atoms with van der Waals surface area (Å²) in [6, 6.07) is 5.45. The van der Waals surface area contributed by atoms with Crippen molar-refractivity contribution in [1.29, 1.82) is 0 Å². The van der Waals surface area contributed by atoms with Crippen molar-refractivity contribution in [3.63, 3.8) is 0 Å². The van der Waals surface area contributed by atoms with Gasteiger partial charge < -0.3 is 15.0 Å². The minimum absolute atomic E-state index is 0.118. The van der Waals surface area contributed by atoms with Gasteiger partial charge in [-0.3, -0.25) is 4.79 Å². The molecule has 0 saturated carbocycles. The number of fused-ring (bicyclic) bond motifs is 1. The molecule has 1 heterocycles. The summed E-state index contributed by atoms with van der Waals surface area (Å²) >= 11 is 5.83. The second kappa shape index (κ2) is 4.22. The van der Waals surface area contributed by atoms with E-state index in [1.165, 1.54) is 0 Å². The molecule has 15 heavy (non-hydrogen) atoms. The molecule has 0 amide bonds. The Hall–Kier alpha value is -1.04. The highest BCUT2D eigenvalue weighted by Gasteiger charge is 2.28. The van der Waals surface area contributed by atoms with Gasteiger partial charge in [0, 0.05) is 5.02 Å². The van der Waals surface area contributed by atoms with Crippen LogP contribution in [-0.2, 0) is 16.1 Å². The van der Waals surface area contributed by atoms with Gasteiger partial charge in [-0.25, -0.2) is 0 Å². The summed E-state index contributed by atoms with van der Waals surface area (Å²) in [5, 5.41) is 12.0. The van der Waals surface area contributed by atoms with E-state index >= 15 is 0 Å². The Labute approximate surface area is 92.3 Å². The number of carbonyl (C=O) groups is 1. The molecule has 1 aromatic rings. The van der Waals surface area contributed by atoms with E-state index in [0.29, 0.717) is 11.6 Å². The zero-order chi connectivity index (χ0) is 10.8. The lowest BCUT2D eigenvalue weighted by Crippen LogP contribution is -2.46. The molecule has 0 saturated heterocycles. The Morgan fingerprint density at radius 1 is 1.67 bits per heavy atom. The maximum Gasteiger partial charge on any atom is 0.416 e. The minimum atomic E-state index is -0.902. The van der Waals surface area contributed by atoms with Gasteiger partial charge in [0.25, 0.3) is 0 Å².